The first-order valence-electron chi connectivity index (χ1n) is 11.1. The Labute approximate surface area is 187 Å². The van der Waals surface area contributed by atoms with Gasteiger partial charge in [0.1, 0.15) is 5.65 Å². The first-order chi connectivity index (χ1) is 15.3. The van der Waals surface area contributed by atoms with E-state index < -0.39 is 5.60 Å². The van der Waals surface area contributed by atoms with Gasteiger partial charge in [-0.15, -0.1) is 0 Å². The fourth-order valence-electron chi connectivity index (χ4n) is 4.56. The van der Waals surface area contributed by atoms with Crippen LogP contribution in [0.1, 0.15) is 43.0 Å². The van der Waals surface area contributed by atoms with E-state index in [2.05, 4.69) is 66.3 Å². The highest BCUT2D eigenvalue weighted by Crippen LogP contribution is 2.38. The van der Waals surface area contributed by atoms with E-state index in [0.717, 1.165) is 56.4 Å². The number of hydrogen-bond acceptors (Lipinski definition) is 3. The number of aryl methyl sites for hydroxylation is 2. The molecule has 32 heavy (non-hydrogen) atoms. The van der Waals surface area contributed by atoms with Crippen LogP contribution in [0.4, 0.5) is 0 Å². The lowest BCUT2D eigenvalue weighted by molar-refractivity contribution is 0.0786. The van der Waals surface area contributed by atoms with Crippen LogP contribution in [0, 0.1) is 13.8 Å². The van der Waals surface area contributed by atoms with Crippen molar-refractivity contribution < 1.29 is 5.11 Å². The zero-order valence-corrected chi connectivity index (χ0v) is 19.2. The molecule has 0 aliphatic rings. The summed E-state index contributed by atoms with van der Waals surface area (Å²) in [6.45, 7) is 10.0. The summed E-state index contributed by atoms with van der Waals surface area (Å²) >= 11 is 0. The summed E-state index contributed by atoms with van der Waals surface area (Å²) < 4.78 is 0. The molecule has 0 saturated heterocycles. The summed E-state index contributed by atoms with van der Waals surface area (Å²) in [7, 11) is 0. The third-order valence-corrected chi connectivity index (χ3v) is 6.55. The molecule has 0 bridgehead atoms. The van der Waals surface area contributed by atoms with E-state index in [9.17, 15) is 5.11 Å². The highest BCUT2D eigenvalue weighted by Gasteiger charge is 2.21. The Morgan fingerprint density at radius 2 is 1.78 bits per heavy atom. The number of hydrogen-bond donors (Lipinski definition) is 3. The van der Waals surface area contributed by atoms with Gasteiger partial charge in [-0.3, -0.25) is 5.10 Å². The fourth-order valence-corrected chi connectivity index (χ4v) is 4.56. The molecule has 0 radical (unpaired) electrons. The molecule has 3 heterocycles. The standard InChI is InChI=1S/C27H28N4O/c1-6-19-22-25-21(14-28-31-25)24(20-9-7-8-15(2)16(20)3)30-26(22)29-23(19)17-10-12-18(13-11-17)27(4,5)32/h7-14,32H,6H2,1-5H3,(H,28,31)(H,29,30). The maximum atomic E-state index is 10.3. The Morgan fingerprint density at radius 3 is 2.47 bits per heavy atom. The quantitative estimate of drug-likeness (QED) is 0.322. The van der Waals surface area contributed by atoms with Crippen LogP contribution in [-0.4, -0.2) is 25.3 Å². The van der Waals surface area contributed by atoms with Crippen molar-refractivity contribution >= 4 is 21.9 Å². The lowest BCUT2D eigenvalue weighted by Gasteiger charge is -2.17. The molecule has 3 aromatic heterocycles. The number of aliphatic hydroxyl groups is 1. The van der Waals surface area contributed by atoms with Gasteiger partial charge in [0.2, 0.25) is 0 Å². The third kappa shape index (κ3) is 3.12. The lowest BCUT2D eigenvalue weighted by atomic mass is 9.95. The van der Waals surface area contributed by atoms with Crippen LogP contribution in [0.2, 0.25) is 0 Å². The van der Waals surface area contributed by atoms with Gasteiger partial charge in [0.25, 0.3) is 0 Å². The van der Waals surface area contributed by atoms with Gasteiger partial charge in [-0.2, -0.15) is 5.10 Å². The Balaban J connectivity index is 1.77. The van der Waals surface area contributed by atoms with Crippen molar-refractivity contribution in [3.63, 3.8) is 0 Å². The minimum atomic E-state index is -0.864. The van der Waals surface area contributed by atoms with Crippen LogP contribution in [-0.2, 0) is 12.0 Å². The molecule has 3 N–H and O–H groups in total. The maximum Gasteiger partial charge on any atom is 0.140 e. The second kappa shape index (κ2) is 7.31. The first-order valence-corrected chi connectivity index (χ1v) is 11.1. The third-order valence-electron chi connectivity index (χ3n) is 6.55. The van der Waals surface area contributed by atoms with Gasteiger partial charge in [-0.05, 0) is 61.9 Å². The molecule has 0 saturated carbocycles. The van der Waals surface area contributed by atoms with E-state index in [4.69, 9.17) is 4.98 Å². The number of pyridine rings is 1. The average molecular weight is 425 g/mol. The van der Waals surface area contributed by atoms with E-state index in [0.29, 0.717) is 0 Å². The molecule has 0 spiro atoms. The van der Waals surface area contributed by atoms with Crippen LogP contribution >= 0.6 is 0 Å². The van der Waals surface area contributed by atoms with E-state index in [1.807, 2.05) is 18.3 Å². The molecule has 0 aliphatic heterocycles. The Hall–Kier alpha value is -3.44. The molecule has 5 rings (SSSR count). The van der Waals surface area contributed by atoms with E-state index in [1.54, 1.807) is 13.8 Å². The fraction of sp³-hybridized carbons (Fsp3) is 0.259. The molecule has 0 atom stereocenters. The molecule has 0 amide bonds. The highest BCUT2D eigenvalue weighted by molar-refractivity contribution is 6.11. The topological polar surface area (TPSA) is 77.6 Å². The first kappa shape index (κ1) is 20.5. The summed E-state index contributed by atoms with van der Waals surface area (Å²) in [6, 6.07) is 14.4. The lowest BCUT2D eigenvalue weighted by Crippen LogP contribution is -2.14. The second-order valence-corrected chi connectivity index (χ2v) is 9.06. The van der Waals surface area contributed by atoms with Crippen LogP contribution in [0.25, 0.3) is 44.5 Å². The normalized spacial score (nSPS) is 12.2. The van der Waals surface area contributed by atoms with Gasteiger partial charge in [0.05, 0.1) is 28.7 Å². The number of H-pyrrole nitrogens is 2. The Bertz CT molecular complexity index is 1450. The monoisotopic (exact) mass is 424 g/mol. The number of rotatable bonds is 4. The number of aromatic nitrogens is 4. The number of aromatic amines is 2. The van der Waals surface area contributed by atoms with E-state index in [1.165, 1.54) is 16.7 Å². The zero-order chi connectivity index (χ0) is 22.6. The molecule has 5 heteroatoms. The smallest absolute Gasteiger partial charge is 0.140 e. The molecule has 162 valence electrons. The van der Waals surface area contributed by atoms with Crippen LogP contribution in [0.5, 0.6) is 0 Å². The Morgan fingerprint density at radius 1 is 1.03 bits per heavy atom. The molecule has 0 unspecified atom stereocenters. The molecule has 0 aliphatic carbocycles. The highest BCUT2D eigenvalue weighted by atomic mass is 16.3. The number of nitrogens with one attached hydrogen (secondary N) is 2. The van der Waals surface area contributed by atoms with Crippen LogP contribution in [0.15, 0.2) is 48.7 Å². The van der Waals surface area contributed by atoms with Crippen molar-refractivity contribution in [2.45, 2.75) is 46.6 Å². The summed E-state index contributed by atoms with van der Waals surface area (Å²) in [4.78, 5) is 8.70. The van der Waals surface area contributed by atoms with Gasteiger partial charge in [0, 0.05) is 16.3 Å². The van der Waals surface area contributed by atoms with Crippen molar-refractivity contribution in [3.05, 3.63) is 70.9 Å². The molecular weight excluding hydrogens is 396 g/mol. The number of benzene rings is 2. The minimum Gasteiger partial charge on any atom is -0.386 e. The minimum absolute atomic E-state index is 0.857. The summed E-state index contributed by atoms with van der Waals surface area (Å²) in [5.41, 5.74) is 9.79. The predicted molar refractivity (Wildman–Crippen MR) is 131 cm³/mol. The van der Waals surface area contributed by atoms with Crippen LogP contribution < -0.4 is 0 Å². The predicted octanol–water partition coefficient (Wildman–Crippen LogP) is 6.18. The number of nitrogens with zero attached hydrogens (tertiary/aromatic N) is 2. The maximum absolute atomic E-state index is 10.3. The van der Waals surface area contributed by atoms with Crippen molar-refractivity contribution in [1.82, 2.24) is 20.2 Å². The van der Waals surface area contributed by atoms with Gasteiger partial charge in [-0.25, -0.2) is 4.98 Å². The number of fused-ring (bicyclic) bond motifs is 3. The summed E-state index contributed by atoms with van der Waals surface area (Å²) in [6.07, 6.45) is 2.74. The van der Waals surface area contributed by atoms with E-state index in [-0.39, 0.29) is 0 Å². The summed E-state index contributed by atoms with van der Waals surface area (Å²) in [5.74, 6) is 0. The largest absolute Gasteiger partial charge is 0.386 e. The van der Waals surface area contributed by atoms with Gasteiger partial charge >= 0.3 is 0 Å². The van der Waals surface area contributed by atoms with Gasteiger partial charge in [-0.1, -0.05) is 49.4 Å². The molecule has 2 aromatic carbocycles. The van der Waals surface area contributed by atoms with Crippen molar-refractivity contribution in [1.29, 1.82) is 0 Å². The van der Waals surface area contributed by atoms with Crippen molar-refractivity contribution in [3.8, 4) is 22.5 Å². The van der Waals surface area contributed by atoms with Crippen LogP contribution in [0.3, 0.4) is 0 Å². The molecule has 0 fully saturated rings. The van der Waals surface area contributed by atoms with Gasteiger partial charge < -0.3 is 10.1 Å². The van der Waals surface area contributed by atoms with Gasteiger partial charge in [0.15, 0.2) is 0 Å². The van der Waals surface area contributed by atoms with E-state index >= 15 is 0 Å². The molecular formula is C27H28N4O. The average Bonchev–Trinajstić information content (AvgIpc) is 3.39. The Kier molecular flexibility index (Phi) is 4.68. The van der Waals surface area contributed by atoms with Crippen molar-refractivity contribution in [2.75, 3.05) is 0 Å². The summed E-state index contributed by atoms with van der Waals surface area (Å²) in [5, 5.41) is 20.0. The van der Waals surface area contributed by atoms with Crippen molar-refractivity contribution in [2.24, 2.45) is 0 Å². The second-order valence-electron chi connectivity index (χ2n) is 9.06. The SMILES string of the molecule is CCc1c(-c2ccc(C(C)(C)O)cc2)[nH]c2nc(-c3cccc(C)c3C)c3cn[nH]c3c12. The molecule has 5 aromatic rings. The molecule has 5 nitrogen and oxygen atoms in total. The zero-order valence-electron chi connectivity index (χ0n) is 19.2.